The van der Waals surface area contributed by atoms with Gasteiger partial charge in [0.1, 0.15) is 18.5 Å². The highest BCUT2D eigenvalue weighted by Crippen LogP contribution is 2.42. The van der Waals surface area contributed by atoms with E-state index in [9.17, 15) is 14.7 Å². The van der Waals surface area contributed by atoms with Crippen molar-refractivity contribution in [1.82, 2.24) is 9.55 Å². The standard InChI is InChI=1S/C14H20FN7O5/c1-7(2)9(17)10(24)27-11-13(15,6-26-14(11,5-23)20-21-18)22-4-3-8(16)19-12(22)25/h3-4,7,9,11,23H,5-6,17H2,1-2H3,(H2,16,19,25)/t9?,11-,13+,14?/m0/s1. The molecule has 0 aliphatic carbocycles. The molecule has 4 atom stereocenters. The number of esters is 1. The first-order chi connectivity index (χ1) is 12.6. The average Bonchev–Trinajstić information content (AvgIpc) is 2.88. The number of alkyl halides is 1. The minimum absolute atomic E-state index is 0.155. The molecule has 5 N–H and O–H groups in total. The highest BCUT2D eigenvalue weighted by molar-refractivity contribution is 5.76. The van der Waals surface area contributed by atoms with Crippen molar-refractivity contribution in [3.63, 3.8) is 0 Å². The van der Waals surface area contributed by atoms with E-state index in [1.807, 2.05) is 0 Å². The van der Waals surface area contributed by atoms with E-state index in [0.29, 0.717) is 4.57 Å². The van der Waals surface area contributed by atoms with Crippen molar-refractivity contribution in [2.75, 3.05) is 18.9 Å². The lowest BCUT2D eigenvalue weighted by molar-refractivity contribution is -0.177. The Morgan fingerprint density at radius 2 is 2.37 bits per heavy atom. The van der Waals surface area contributed by atoms with Crippen molar-refractivity contribution >= 4 is 11.8 Å². The Morgan fingerprint density at radius 3 is 2.89 bits per heavy atom. The average molecular weight is 385 g/mol. The van der Waals surface area contributed by atoms with Crippen LogP contribution in [0.25, 0.3) is 10.4 Å². The predicted octanol–water partition coefficient (Wildman–Crippen LogP) is -0.628. The molecule has 2 rings (SSSR count). The van der Waals surface area contributed by atoms with Crippen molar-refractivity contribution in [2.24, 2.45) is 16.8 Å². The van der Waals surface area contributed by atoms with E-state index in [2.05, 4.69) is 15.0 Å². The van der Waals surface area contributed by atoms with E-state index in [4.69, 9.17) is 26.5 Å². The second-order valence-electron chi connectivity index (χ2n) is 6.39. The molecule has 12 nitrogen and oxygen atoms in total. The zero-order valence-corrected chi connectivity index (χ0v) is 14.6. The van der Waals surface area contributed by atoms with Gasteiger partial charge >= 0.3 is 11.7 Å². The number of halogens is 1. The lowest BCUT2D eigenvalue weighted by Gasteiger charge is -2.33. The fraction of sp³-hybridized carbons (Fsp3) is 0.643. The maximum Gasteiger partial charge on any atom is 0.352 e. The number of aromatic nitrogens is 2. The van der Waals surface area contributed by atoms with Crippen LogP contribution in [0.1, 0.15) is 13.8 Å². The third kappa shape index (κ3) is 3.57. The first kappa shape index (κ1) is 20.6. The highest BCUT2D eigenvalue weighted by atomic mass is 19.1. The van der Waals surface area contributed by atoms with Crippen LogP contribution in [0.3, 0.4) is 0 Å². The first-order valence-electron chi connectivity index (χ1n) is 7.93. The lowest BCUT2D eigenvalue weighted by Crippen LogP contribution is -2.56. The normalized spacial score (nSPS) is 28.6. The quantitative estimate of drug-likeness (QED) is 0.249. The highest BCUT2D eigenvalue weighted by Gasteiger charge is 2.64. The number of hydrogen-bond acceptors (Lipinski definition) is 9. The van der Waals surface area contributed by atoms with Gasteiger partial charge in [-0.05, 0) is 17.5 Å². The van der Waals surface area contributed by atoms with Crippen LogP contribution in [0.15, 0.2) is 22.2 Å². The van der Waals surface area contributed by atoms with E-state index in [1.165, 1.54) is 0 Å². The molecule has 148 valence electrons. The molecule has 1 aromatic heterocycles. The molecule has 0 saturated carbocycles. The van der Waals surface area contributed by atoms with Gasteiger partial charge in [0.25, 0.3) is 5.79 Å². The maximum atomic E-state index is 15.9. The first-order valence-corrected chi connectivity index (χ1v) is 7.93. The van der Waals surface area contributed by atoms with Crippen LogP contribution in [0.4, 0.5) is 10.2 Å². The Hall–Kier alpha value is -2.73. The summed E-state index contributed by atoms with van der Waals surface area (Å²) in [6.45, 7) is 1.39. The van der Waals surface area contributed by atoms with E-state index in [1.54, 1.807) is 13.8 Å². The summed E-state index contributed by atoms with van der Waals surface area (Å²) in [6, 6.07) is 0.0205. The van der Waals surface area contributed by atoms with Gasteiger partial charge in [0, 0.05) is 11.1 Å². The number of carbonyl (C=O) groups is 1. The number of nitrogens with two attached hydrogens (primary N) is 2. The number of aliphatic hydroxyl groups excluding tert-OH is 1. The Labute approximate surface area is 152 Å². The molecule has 1 saturated heterocycles. The second kappa shape index (κ2) is 7.48. The van der Waals surface area contributed by atoms with Crippen molar-refractivity contribution in [1.29, 1.82) is 0 Å². The van der Waals surface area contributed by atoms with E-state index >= 15 is 4.39 Å². The van der Waals surface area contributed by atoms with E-state index in [0.717, 1.165) is 12.3 Å². The molecule has 2 heterocycles. The van der Waals surface area contributed by atoms with Crippen molar-refractivity contribution < 1.29 is 23.8 Å². The van der Waals surface area contributed by atoms with Crippen LogP contribution < -0.4 is 17.2 Å². The summed E-state index contributed by atoms with van der Waals surface area (Å²) in [6.07, 6.45) is -1.02. The Morgan fingerprint density at radius 1 is 1.70 bits per heavy atom. The van der Waals surface area contributed by atoms with Gasteiger partial charge in [0.05, 0.1) is 6.61 Å². The van der Waals surface area contributed by atoms with Crippen molar-refractivity contribution in [2.45, 2.75) is 37.5 Å². The number of hydrogen-bond donors (Lipinski definition) is 3. The molecule has 1 aliphatic heterocycles. The van der Waals surface area contributed by atoms with Gasteiger partial charge in [-0.3, -0.25) is 9.36 Å². The number of anilines is 1. The topological polar surface area (TPSA) is 191 Å². The summed E-state index contributed by atoms with van der Waals surface area (Å²) in [5.74, 6) is -4.36. The van der Waals surface area contributed by atoms with Crippen LogP contribution in [0, 0.1) is 5.92 Å². The Kier molecular flexibility index (Phi) is 5.70. The minimum atomic E-state index is -2.83. The van der Waals surface area contributed by atoms with Crippen LogP contribution in [0.5, 0.6) is 0 Å². The SMILES string of the molecule is CC(C)C(N)C(=O)O[C@@H]1C(CO)(N=[N+]=[N-])OC[C@@]1(F)n1ccc(N)nc1=O. The molecular formula is C14H20FN7O5. The fourth-order valence-electron chi connectivity index (χ4n) is 2.58. The van der Waals surface area contributed by atoms with Gasteiger partial charge in [-0.1, -0.05) is 19.0 Å². The monoisotopic (exact) mass is 385 g/mol. The van der Waals surface area contributed by atoms with Gasteiger partial charge in [-0.25, -0.2) is 9.18 Å². The number of nitrogen functional groups attached to an aromatic ring is 1. The molecular weight excluding hydrogens is 365 g/mol. The van der Waals surface area contributed by atoms with Gasteiger partial charge < -0.3 is 26.0 Å². The summed E-state index contributed by atoms with van der Waals surface area (Å²) in [5.41, 5.74) is 16.5. The molecule has 2 unspecified atom stereocenters. The van der Waals surface area contributed by atoms with Gasteiger partial charge in [0.2, 0.25) is 5.72 Å². The number of azide groups is 1. The van der Waals surface area contributed by atoms with E-state index < -0.39 is 48.5 Å². The summed E-state index contributed by atoms with van der Waals surface area (Å²) in [4.78, 5) is 30.3. The summed E-state index contributed by atoms with van der Waals surface area (Å²) in [5, 5.41) is 12.9. The van der Waals surface area contributed by atoms with Crippen LogP contribution >= 0.6 is 0 Å². The molecule has 1 fully saturated rings. The smallest absolute Gasteiger partial charge is 0.352 e. The molecule has 0 amide bonds. The minimum Gasteiger partial charge on any atom is -0.452 e. The lowest BCUT2D eigenvalue weighted by atomic mass is 10.0. The molecule has 0 bridgehead atoms. The van der Waals surface area contributed by atoms with Crippen LogP contribution in [-0.2, 0) is 20.1 Å². The molecule has 1 aliphatic rings. The van der Waals surface area contributed by atoms with Crippen LogP contribution in [-0.4, -0.2) is 51.7 Å². The molecule has 0 spiro atoms. The number of aliphatic hydroxyl groups is 1. The predicted molar refractivity (Wildman–Crippen MR) is 89.6 cm³/mol. The third-order valence-corrected chi connectivity index (χ3v) is 4.23. The second-order valence-corrected chi connectivity index (χ2v) is 6.39. The number of nitrogens with zero attached hydrogens (tertiary/aromatic N) is 5. The molecule has 13 heteroatoms. The summed E-state index contributed by atoms with van der Waals surface area (Å²) >= 11 is 0. The summed E-state index contributed by atoms with van der Waals surface area (Å²) in [7, 11) is 0. The largest absolute Gasteiger partial charge is 0.452 e. The number of carbonyl (C=O) groups excluding carboxylic acids is 1. The molecule has 0 radical (unpaired) electrons. The van der Waals surface area contributed by atoms with Gasteiger partial charge in [-0.15, -0.1) is 0 Å². The fourth-order valence-corrected chi connectivity index (χ4v) is 2.58. The third-order valence-electron chi connectivity index (χ3n) is 4.23. The summed E-state index contributed by atoms with van der Waals surface area (Å²) < 4.78 is 26.7. The molecule has 1 aromatic rings. The Bertz CT molecular complexity index is 826. The number of ether oxygens (including phenoxy) is 2. The van der Waals surface area contributed by atoms with Crippen LogP contribution in [0.2, 0.25) is 0 Å². The molecule has 27 heavy (non-hydrogen) atoms. The van der Waals surface area contributed by atoms with E-state index in [-0.39, 0.29) is 11.7 Å². The number of rotatable bonds is 6. The zero-order valence-electron chi connectivity index (χ0n) is 14.6. The maximum absolute atomic E-state index is 15.9. The Balaban J connectivity index is 2.57. The van der Waals surface area contributed by atoms with Gasteiger partial charge in [0.15, 0.2) is 6.10 Å². The van der Waals surface area contributed by atoms with Crippen molar-refractivity contribution in [3.05, 3.63) is 33.2 Å². The van der Waals surface area contributed by atoms with Gasteiger partial charge in [-0.2, -0.15) is 4.98 Å². The molecule has 0 aromatic carbocycles. The van der Waals surface area contributed by atoms with Crippen molar-refractivity contribution in [3.8, 4) is 0 Å². The zero-order chi connectivity index (χ0) is 20.4.